The molecule has 9 heteroatoms. The normalized spacial score (nSPS) is 18.7. The highest BCUT2D eigenvalue weighted by atomic mass is 35.5. The standard InChI is InChI=1S/C23H29FN4O2S.ClH/c1-17-6-7-21(18(2)14-17)31(29,30)28-12-8-23(9-13-28)22(25-10-11-27-23)26-16-19-4-3-5-20(24)15-19;/h3-7,14-15,27H,8-13,16H2,1-2H3,(H,25,26);1H. The van der Waals surface area contributed by atoms with E-state index in [2.05, 4.69) is 10.6 Å². The molecule has 0 unspecified atom stereocenters. The first-order chi connectivity index (χ1) is 14.8. The number of sulfonamides is 1. The van der Waals surface area contributed by atoms with E-state index in [4.69, 9.17) is 4.99 Å². The van der Waals surface area contributed by atoms with Crippen LogP contribution in [0, 0.1) is 19.7 Å². The summed E-state index contributed by atoms with van der Waals surface area (Å²) in [5, 5.41) is 6.95. The summed E-state index contributed by atoms with van der Waals surface area (Å²) in [6.07, 6.45) is 1.26. The summed E-state index contributed by atoms with van der Waals surface area (Å²) >= 11 is 0. The fourth-order valence-corrected chi connectivity index (χ4v) is 6.15. The van der Waals surface area contributed by atoms with Crippen LogP contribution in [0.15, 0.2) is 52.4 Å². The summed E-state index contributed by atoms with van der Waals surface area (Å²) in [6.45, 7) is 6.54. The van der Waals surface area contributed by atoms with Crippen LogP contribution in [0.1, 0.15) is 29.5 Å². The predicted molar refractivity (Wildman–Crippen MR) is 127 cm³/mol. The lowest BCUT2D eigenvalue weighted by Crippen LogP contribution is -2.64. The number of hydrogen-bond donors (Lipinski definition) is 2. The van der Waals surface area contributed by atoms with Crippen molar-refractivity contribution in [2.45, 2.75) is 43.7 Å². The number of aliphatic imine (C=N–C) groups is 1. The van der Waals surface area contributed by atoms with Gasteiger partial charge in [0.15, 0.2) is 0 Å². The molecule has 0 atom stereocenters. The van der Waals surface area contributed by atoms with Gasteiger partial charge < -0.3 is 10.6 Å². The minimum Gasteiger partial charge on any atom is -0.368 e. The average Bonchev–Trinajstić information content (AvgIpc) is 2.73. The SMILES string of the molecule is Cc1ccc(S(=O)(=O)N2CCC3(CC2)NCCN=C3NCc2cccc(F)c2)c(C)c1.Cl. The largest absolute Gasteiger partial charge is 0.368 e. The average molecular weight is 481 g/mol. The molecule has 32 heavy (non-hydrogen) atoms. The fourth-order valence-electron chi connectivity index (χ4n) is 4.51. The van der Waals surface area contributed by atoms with E-state index in [1.807, 2.05) is 32.0 Å². The van der Waals surface area contributed by atoms with Crippen LogP contribution in [0.2, 0.25) is 0 Å². The highest BCUT2D eigenvalue weighted by molar-refractivity contribution is 7.89. The molecule has 2 aromatic carbocycles. The molecule has 0 saturated carbocycles. The Balaban J connectivity index is 0.00000289. The van der Waals surface area contributed by atoms with Crippen molar-refractivity contribution in [3.8, 4) is 0 Å². The second kappa shape index (κ2) is 9.87. The maximum Gasteiger partial charge on any atom is 0.243 e. The van der Waals surface area contributed by atoms with Gasteiger partial charge in [0.25, 0.3) is 0 Å². The molecule has 4 rings (SSSR count). The molecule has 1 saturated heterocycles. The van der Waals surface area contributed by atoms with Gasteiger partial charge in [-0.25, -0.2) is 12.8 Å². The minimum absolute atomic E-state index is 0. The van der Waals surface area contributed by atoms with E-state index in [0.29, 0.717) is 43.9 Å². The van der Waals surface area contributed by atoms with Gasteiger partial charge >= 0.3 is 0 Å². The second-order valence-corrected chi connectivity index (χ2v) is 10.3. The van der Waals surface area contributed by atoms with Crippen molar-refractivity contribution >= 4 is 28.3 Å². The van der Waals surface area contributed by atoms with Crippen LogP contribution >= 0.6 is 12.4 Å². The van der Waals surface area contributed by atoms with Crippen LogP contribution in [0.5, 0.6) is 0 Å². The van der Waals surface area contributed by atoms with Gasteiger partial charge in [0.2, 0.25) is 10.0 Å². The van der Waals surface area contributed by atoms with Crippen LogP contribution in [-0.4, -0.2) is 50.3 Å². The lowest BCUT2D eigenvalue weighted by Gasteiger charge is -2.44. The molecule has 2 N–H and O–H groups in total. The smallest absolute Gasteiger partial charge is 0.243 e. The zero-order valence-electron chi connectivity index (χ0n) is 18.4. The zero-order chi connectivity index (χ0) is 22.1. The molecule has 2 heterocycles. The fraction of sp³-hybridized carbons (Fsp3) is 0.435. The van der Waals surface area contributed by atoms with Crippen molar-refractivity contribution in [3.05, 3.63) is 65.0 Å². The molecule has 2 aliphatic heterocycles. The summed E-state index contributed by atoms with van der Waals surface area (Å²) in [5.41, 5.74) is 2.29. The molecule has 6 nitrogen and oxygen atoms in total. The second-order valence-electron chi connectivity index (χ2n) is 8.40. The maximum atomic E-state index is 13.5. The molecule has 2 aromatic rings. The van der Waals surface area contributed by atoms with Gasteiger partial charge in [-0.15, -0.1) is 12.4 Å². The predicted octanol–water partition coefficient (Wildman–Crippen LogP) is 3.18. The van der Waals surface area contributed by atoms with Crippen molar-refractivity contribution < 1.29 is 12.8 Å². The van der Waals surface area contributed by atoms with E-state index in [9.17, 15) is 12.8 Å². The number of aryl methyl sites for hydroxylation is 2. The van der Waals surface area contributed by atoms with Crippen LogP contribution in [0.4, 0.5) is 4.39 Å². The van der Waals surface area contributed by atoms with Crippen LogP contribution in [0.25, 0.3) is 0 Å². The van der Waals surface area contributed by atoms with Gasteiger partial charge in [-0.2, -0.15) is 4.31 Å². The number of rotatable bonds is 4. The Morgan fingerprint density at radius 1 is 1.16 bits per heavy atom. The number of benzene rings is 2. The quantitative estimate of drug-likeness (QED) is 0.705. The number of hydrogen-bond acceptors (Lipinski definition) is 5. The van der Waals surface area contributed by atoms with Crippen molar-refractivity contribution in [2.75, 3.05) is 26.2 Å². The summed E-state index contributed by atoms with van der Waals surface area (Å²) in [5.74, 6) is 0.578. The van der Waals surface area contributed by atoms with Gasteiger partial charge in [-0.1, -0.05) is 29.8 Å². The highest BCUT2D eigenvalue weighted by Gasteiger charge is 2.43. The lowest BCUT2D eigenvalue weighted by molar-refractivity contribution is 0.241. The minimum atomic E-state index is -3.54. The van der Waals surface area contributed by atoms with Gasteiger partial charge in [0.1, 0.15) is 11.7 Å². The van der Waals surface area contributed by atoms with E-state index in [-0.39, 0.29) is 23.8 Å². The molecule has 2 aliphatic rings. The molecular formula is C23H30ClFN4O2S. The van der Waals surface area contributed by atoms with E-state index in [0.717, 1.165) is 29.1 Å². The van der Waals surface area contributed by atoms with E-state index in [1.165, 1.54) is 12.1 Å². The number of halogens is 2. The summed E-state index contributed by atoms with van der Waals surface area (Å²) < 4.78 is 41.6. The Bertz CT molecular complexity index is 1100. The third-order valence-electron chi connectivity index (χ3n) is 6.17. The van der Waals surface area contributed by atoms with Crippen LogP contribution in [0.3, 0.4) is 0 Å². The Kier molecular flexibility index (Phi) is 7.60. The summed E-state index contributed by atoms with van der Waals surface area (Å²) in [7, 11) is -3.54. The number of piperidine rings is 1. The monoisotopic (exact) mass is 480 g/mol. The highest BCUT2D eigenvalue weighted by Crippen LogP contribution is 2.30. The Hall–Kier alpha value is -2.00. The lowest BCUT2D eigenvalue weighted by atomic mass is 9.85. The van der Waals surface area contributed by atoms with Crippen molar-refractivity contribution in [1.82, 2.24) is 14.9 Å². The van der Waals surface area contributed by atoms with E-state index >= 15 is 0 Å². The molecule has 0 bridgehead atoms. The van der Waals surface area contributed by atoms with E-state index < -0.39 is 10.0 Å². The Labute approximate surface area is 195 Å². The topological polar surface area (TPSA) is 73.8 Å². The van der Waals surface area contributed by atoms with Crippen molar-refractivity contribution in [2.24, 2.45) is 4.99 Å². The molecule has 0 radical (unpaired) electrons. The number of amidine groups is 1. The van der Waals surface area contributed by atoms with Crippen molar-refractivity contribution in [3.63, 3.8) is 0 Å². The van der Waals surface area contributed by atoms with Crippen LogP contribution < -0.4 is 10.6 Å². The molecule has 1 fully saturated rings. The zero-order valence-corrected chi connectivity index (χ0v) is 20.0. The first kappa shape index (κ1) is 24.6. The third kappa shape index (κ3) is 4.98. The van der Waals surface area contributed by atoms with Crippen molar-refractivity contribution in [1.29, 1.82) is 0 Å². The van der Waals surface area contributed by atoms with Gasteiger partial charge in [0, 0.05) is 26.2 Å². The number of nitrogens with zero attached hydrogens (tertiary/aromatic N) is 2. The summed E-state index contributed by atoms with van der Waals surface area (Å²) in [6, 6.07) is 12.0. The molecule has 0 aliphatic carbocycles. The van der Waals surface area contributed by atoms with Gasteiger partial charge in [-0.05, 0) is 56.0 Å². The van der Waals surface area contributed by atoms with Gasteiger partial charge in [-0.3, -0.25) is 4.99 Å². The molecule has 174 valence electrons. The first-order valence-electron chi connectivity index (χ1n) is 10.7. The van der Waals surface area contributed by atoms with Crippen LogP contribution in [-0.2, 0) is 16.6 Å². The number of nitrogens with one attached hydrogen (secondary N) is 2. The maximum absolute atomic E-state index is 13.5. The van der Waals surface area contributed by atoms with Gasteiger partial charge in [0.05, 0.1) is 17.0 Å². The molecule has 0 amide bonds. The molecule has 0 aromatic heterocycles. The van der Waals surface area contributed by atoms with E-state index in [1.54, 1.807) is 16.4 Å². The summed E-state index contributed by atoms with van der Waals surface area (Å²) in [4.78, 5) is 5.07. The Morgan fingerprint density at radius 2 is 1.91 bits per heavy atom. The molecular weight excluding hydrogens is 451 g/mol. The third-order valence-corrected chi connectivity index (χ3v) is 8.23. The first-order valence-corrected chi connectivity index (χ1v) is 12.1. The Morgan fingerprint density at radius 3 is 2.59 bits per heavy atom. The molecule has 1 spiro atoms.